The van der Waals surface area contributed by atoms with Gasteiger partial charge < -0.3 is 15.2 Å². The van der Waals surface area contributed by atoms with Crippen LogP contribution in [-0.4, -0.2) is 54.9 Å². The van der Waals surface area contributed by atoms with Crippen LogP contribution in [0.1, 0.15) is 35.0 Å². The molecule has 1 atom stereocenters. The van der Waals surface area contributed by atoms with Crippen molar-refractivity contribution >= 4 is 17.6 Å². The minimum Gasteiger partial charge on any atom is -0.490 e. The van der Waals surface area contributed by atoms with Crippen molar-refractivity contribution in [2.45, 2.75) is 25.3 Å². The van der Waals surface area contributed by atoms with Gasteiger partial charge in [-0.3, -0.25) is 14.5 Å². The van der Waals surface area contributed by atoms with Crippen LogP contribution in [0.5, 0.6) is 5.75 Å². The summed E-state index contributed by atoms with van der Waals surface area (Å²) in [6.07, 6.45) is 1.47. The van der Waals surface area contributed by atoms with Gasteiger partial charge in [0.15, 0.2) is 11.7 Å². The zero-order chi connectivity index (χ0) is 22.6. The summed E-state index contributed by atoms with van der Waals surface area (Å²) >= 11 is 0. The number of rotatable bonds is 8. The van der Waals surface area contributed by atoms with Crippen molar-refractivity contribution in [2.24, 2.45) is 10.7 Å². The van der Waals surface area contributed by atoms with E-state index in [9.17, 15) is 14.0 Å². The molecule has 2 aromatic rings. The van der Waals surface area contributed by atoms with Crippen LogP contribution in [-0.2, 0) is 21.5 Å². The fourth-order valence-corrected chi connectivity index (χ4v) is 3.31. The van der Waals surface area contributed by atoms with E-state index in [0.29, 0.717) is 24.5 Å². The van der Waals surface area contributed by atoms with Crippen LogP contribution in [0.15, 0.2) is 41.5 Å². The Morgan fingerprint density at radius 1 is 1.29 bits per heavy atom. The molecule has 8 nitrogen and oxygen atoms in total. The Labute approximate surface area is 179 Å². The number of aromatic nitrogens is 1. The van der Waals surface area contributed by atoms with Crippen LogP contribution in [0.25, 0.3) is 0 Å². The number of amides is 1. The lowest BCUT2D eigenvalue weighted by molar-refractivity contribution is -0.128. The number of nitrogens with two attached hydrogens (primary N) is 1. The number of methoxy groups -OCH3 is 1. The Morgan fingerprint density at radius 2 is 2.06 bits per heavy atom. The van der Waals surface area contributed by atoms with Gasteiger partial charge >= 0.3 is 0 Å². The molecular formula is C22H25FN4O4. The largest absolute Gasteiger partial charge is 0.490 e. The lowest BCUT2D eigenvalue weighted by atomic mass is 9.85. The molecule has 0 fully saturated rings. The van der Waals surface area contributed by atoms with Crippen LogP contribution in [0.3, 0.4) is 0 Å². The molecule has 0 saturated carbocycles. The number of aliphatic imine (C=N–C) groups is 1. The average Bonchev–Trinajstić information content (AvgIpc) is 2.74. The van der Waals surface area contributed by atoms with Crippen LogP contribution in [0.4, 0.5) is 4.39 Å². The minimum atomic E-state index is -1.14. The third-order valence-corrected chi connectivity index (χ3v) is 5.13. The summed E-state index contributed by atoms with van der Waals surface area (Å²) < 4.78 is 25.0. The molecule has 0 radical (unpaired) electrons. The van der Waals surface area contributed by atoms with Gasteiger partial charge in [0.1, 0.15) is 23.9 Å². The molecule has 2 heterocycles. The standard InChI is InChI=1S/C22H25FN4O4/c1-22(12-20(29)27(2)21(24)26-22)16-10-14(4-6-17(16)23)11-19(28)18-7-5-15(13-25-18)31-9-8-30-3/h4-7,10,13H,8-9,11-12H2,1-3H3,(H2,24,26). The van der Waals surface area contributed by atoms with E-state index in [4.69, 9.17) is 15.2 Å². The lowest BCUT2D eigenvalue weighted by Crippen LogP contribution is -2.47. The van der Waals surface area contributed by atoms with Gasteiger partial charge in [-0.25, -0.2) is 14.4 Å². The highest BCUT2D eigenvalue weighted by atomic mass is 19.1. The first-order valence-electron chi connectivity index (χ1n) is 9.75. The maximum atomic E-state index is 14.6. The van der Waals surface area contributed by atoms with Crippen molar-refractivity contribution < 1.29 is 23.5 Å². The van der Waals surface area contributed by atoms with E-state index >= 15 is 0 Å². The third kappa shape index (κ3) is 5.05. The average molecular weight is 428 g/mol. The molecule has 164 valence electrons. The molecule has 31 heavy (non-hydrogen) atoms. The van der Waals surface area contributed by atoms with Crippen LogP contribution < -0.4 is 10.5 Å². The fraction of sp³-hybridized carbons (Fsp3) is 0.364. The molecule has 1 aliphatic rings. The van der Waals surface area contributed by atoms with Gasteiger partial charge in [-0.1, -0.05) is 6.07 Å². The van der Waals surface area contributed by atoms with Crippen LogP contribution >= 0.6 is 0 Å². The number of nitrogens with zero attached hydrogens (tertiary/aromatic N) is 3. The molecule has 3 rings (SSSR count). The highest BCUT2D eigenvalue weighted by Gasteiger charge is 2.38. The summed E-state index contributed by atoms with van der Waals surface area (Å²) in [6.45, 7) is 2.48. The van der Waals surface area contributed by atoms with Crippen molar-refractivity contribution in [1.82, 2.24) is 9.88 Å². The maximum Gasteiger partial charge on any atom is 0.231 e. The number of ether oxygens (including phenoxy) is 2. The second kappa shape index (κ2) is 9.22. The summed E-state index contributed by atoms with van der Waals surface area (Å²) in [4.78, 5) is 34.6. The topological polar surface area (TPSA) is 107 Å². The van der Waals surface area contributed by atoms with Gasteiger partial charge in [-0.2, -0.15) is 0 Å². The lowest BCUT2D eigenvalue weighted by Gasteiger charge is -2.34. The highest BCUT2D eigenvalue weighted by molar-refractivity contribution is 5.99. The minimum absolute atomic E-state index is 0.0211. The molecule has 0 saturated heterocycles. The molecule has 0 aliphatic carbocycles. The maximum absolute atomic E-state index is 14.6. The third-order valence-electron chi connectivity index (χ3n) is 5.13. The van der Waals surface area contributed by atoms with E-state index in [0.717, 1.165) is 0 Å². The van der Waals surface area contributed by atoms with Gasteiger partial charge in [-0.15, -0.1) is 0 Å². The molecule has 2 N–H and O–H groups in total. The van der Waals surface area contributed by atoms with Crippen LogP contribution in [0.2, 0.25) is 0 Å². The SMILES string of the molecule is COCCOc1ccc(C(=O)Cc2ccc(F)c(C3(C)CC(=O)N(C)C(N)=N3)c2)nc1. The van der Waals surface area contributed by atoms with Crippen LogP contribution in [0, 0.1) is 5.82 Å². The molecule has 0 bridgehead atoms. The molecular weight excluding hydrogens is 403 g/mol. The fourth-order valence-electron chi connectivity index (χ4n) is 3.31. The number of halogens is 1. The smallest absolute Gasteiger partial charge is 0.231 e. The predicted octanol–water partition coefficient (Wildman–Crippen LogP) is 2.06. The number of Topliss-reactive ketones (excluding diaryl/α,β-unsaturated/α-hetero) is 1. The Kier molecular flexibility index (Phi) is 6.65. The highest BCUT2D eigenvalue weighted by Crippen LogP contribution is 2.35. The molecule has 1 aromatic heterocycles. The van der Waals surface area contributed by atoms with Crippen molar-refractivity contribution in [1.29, 1.82) is 0 Å². The van der Waals surface area contributed by atoms with Gasteiger partial charge in [0.05, 0.1) is 24.8 Å². The molecule has 1 amide bonds. The zero-order valence-electron chi connectivity index (χ0n) is 17.7. The van der Waals surface area contributed by atoms with E-state index in [1.165, 1.54) is 30.3 Å². The first-order valence-corrected chi connectivity index (χ1v) is 9.75. The summed E-state index contributed by atoms with van der Waals surface area (Å²) in [5, 5.41) is 0. The summed E-state index contributed by atoms with van der Waals surface area (Å²) in [7, 11) is 3.10. The van der Waals surface area contributed by atoms with E-state index < -0.39 is 11.4 Å². The van der Waals surface area contributed by atoms with Gasteiger partial charge in [0, 0.05) is 26.1 Å². The zero-order valence-corrected chi connectivity index (χ0v) is 17.7. The number of benzene rings is 1. The molecule has 1 aliphatic heterocycles. The Balaban J connectivity index is 1.78. The number of carbonyl (C=O) groups is 2. The van der Waals surface area contributed by atoms with Crippen molar-refractivity contribution in [3.05, 3.63) is 59.2 Å². The van der Waals surface area contributed by atoms with E-state index in [1.54, 1.807) is 32.2 Å². The van der Waals surface area contributed by atoms with Gasteiger partial charge in [0.25, 0.3) is 0 Å². The van der Waals surface area contributed by atoms with Gasteiger partial charge in [0.2, 0.25) is 5.91 Å². The first-order chi connectivity index (χ1) is 14.7. The Bertz CT molecular complexity index is 1010. The van der Waals surface area contributed by atoms with E-state index in [1.807, 2.05) is 0 Å². The van der Waals surface area contributed by atoms with E-state index in [2.05, 4.69) is 9.98 Å². The molecule has 9 heteroatoms. The Hall–Kier alpha value is -3.33. The summed E-state index contributed by atoms with van der Waals surface area (Å²) in [5.41, 5.74) is 5.77. The Morgan fingerprint density at radius 3 is 2.71 bits per heavy atom. The van der Waals surface area contributed by atoms with Crippen molar-refractivity contribution in [3.63, 3.8) is 0 Å². The number of pyridine rings is 1. The van der Waals surface area contributed by atoms with Crippen molar-refractivity contribution in [3.8, 4) is 5.75 Å². The van der Waals surface area contributed by atoms with Gasteiger partial charge in [-0.05, 0) is 36.8 Å². The molecule has 1 unspecified atom stereocenters. The first kappa shape index (κ1) is 22.4. The normalized spacial score (nSPS) is 18.6. The number of ketones is 1. The number of hydrogen-bond donors (Lipinski definition) is 1. The number of guanidine groups is 1. The second-order valence-corrected chi connectivity index (χ2v) is 7.51. The monoisotopic (exact) mass is 428 g/mol. The predicted molar refractivity (Wildman–Crippen MR) is 112 cm³/mol. The number of carbonyl (C=O) groups excluding carboxylic acids is 2. The van der Waals surface area contributed by atoms with Crippen molar-refractivity contribution in [2.75, 3.05) is 27.4 Å². The summed E-state index contributed by atoms with van der Waals surface area (Å²) in [5.74, 6) is -0.436. The quantitative estimate of drug-likeness (QED) is 0.510. The number of hydrogen-bond acceptors (Lipinski definition) is 7. The molecule has 1 aromatic carbocycles. The van der Waals surface area contributed by atoms with E-state index in [-0.39, 0.29) is 41.7 Å². The molecule has 0 spiro atoms. The summed E-state index contributed by atoms with van der Waals surface area (Å²) in [6, 6.07) is 7.61. The second-order valence-electron chi connectivity index (χ2n) is 7.51.